The first-order valence-corrected chi connectivity index (χ1v) is 7.11. The first kappa shape index (κ1) is 12.4. The highest BCUT2D eigenvalue weighted by molar-refractivity contribution is 4.83. The summed E-state index contributed by atoms with van der Waals surface area (Å²) in [5.74, 6) is 2.62. The van der Waals surface area contributed by atoms with Gasteiger partial charge in [-0.15, -0.1) is 0 Å². The third-order valence-corrected chi connectivity index (χ3v) is 4.15. The van der Waals surface area contributed by atoms with Gasteiger partial charge in [0.1, 0.15) is 0 Å². The van der Waals surface area contributed by atoms with Gasteiger partial charge in [-0.25, -0.2) is 0 Å². The summed E-state index contributed by atoms with van der Waals surface area (Å²) in [7, 11) is 0. The van der Waals surface area contributed by atoms with Crippen molar-refractivity contribution in [3.8, 4) is 0 Å². The fourth-order valence-corrected chi connectivity index (χ4v) is 2.73. The lowest BCUT2D eigenvalue weighted by Crippen LogP contribution is -2.33. The Labute approximate surface area is 101 Å². The Bertz CT molecular complexity index is 211. The van der Waals surface area contributed by atoms with Crippen molar-refractivity contribution in [2.24, 2.45) is 17.8 Å². The van der Waals surface area contributed by atoms with E-state index in [4.69, 9.17) is 0 Å². The van der Waals surface area contributed by atoms with E-state index in [1.165, 1.54) is 45.4 Å². The van der Waals surface area contributed by atoms with Crippen LogP contribution < -0.4 is 5.32 Å². The molecule has 0 aromatic carbocycles. The summed E-state index contributed by atoms with van der Waals surface area (Å²) in [6.45, 7) is 12.3. The summed E-state index contributed by atoms with van der Waals surface area (Å²) in [6.07, 6.45) is 4.23. The summed E-state index contributed by atoms with van der Waals surface area (Å²) < 4.78 is 0. The lowest BCUT2D eigenvalue weighted by Gasteiger charge is -2.22. The van der Waals surface area contributed by atoms with Crippen molar-refractivity contribution in [2.75, 3.05) is 26.2 Å². The van der Waals surface area contributed by atoms with E-state index in [1.807, 2.05) is 0 Å². The van der Waals surface area contributed by atoms with Crippen LogP contribution in [0.1, 0.15) is 40.0 Å². The lowest BCUT2D eigenvalue weighted by molar-refractivity contribution is 0.262. The Morgan fingerprint density at radius 2 is 1.94 bits per heavy atom. The minimum absolute atomic E-state index is 0.812. The molecule has 16 heavy (non-hydrogen) atoms. The summed E-state index contributed by atoms with van der Waals surface area (Å²) in [5, 5.41) is 3.64. The predicted octanol–water partition coefficient (Wildman–Crippen LogP) is 2.35. The molecule has 2 atom stereocenters. The van der Waals surface area contributed by atoms with Gasteiger partial charge in [-0.1, -0.05) is 20.8 Å². The van der Waals surface area contributed by atoms with Gasteiger partial charge in [0, 0.05) is 19.1 Å². The molecule has 0 aromatic rings. The molecule has 0 spiro atoms. The van der Waals surface area contributed by atoms with E-state index in [1.54, 1.807) is 0 Å². The molecule has 0 radical (unpaired) electrons. The van der Waals surface area contributed by atoms with Crippen LogP contribution in [0.25, 0.3) is 0 Å². The average molecular weight is 224 g/mol. The minimum atomic E-state index is 0.812. The van der Waals surface area contributed by atoms with Crippen molar-refractivity contribution in [3.63, 3.8) is 0 Å². The van der Waals surface area contributed by atoms with E-state index in [2.05, 4.69) is 31.0 Å². The molecular formula is C14H28N2. The summed E-state index contributed by atoms with van der Waals surface area (Å²) in [5.41, 5.74) is 0. The number of nitrogens with one attached hydrogen (secondary N) is 1. The molecule has 1 saturated heterocycles. The molecule has 2 aliphatic rings. The average Bonchev–Trinajstić information content (AvgIpc) is 2.95. The van der Waals surface area contributed by atoms with Gasteiger partial charge >= 0.3 is 0 Å². The number of hydrogen-bond donors (Lipinski definition) is 1. The van der Waals surface area contributed by atoms with E-state index in [9.17, 15) is 0 Å². The van der Waals surface area contributed by atoms with Crippen molar-refractivity contribution in [2.45, 2.75) is 46.1 Å². The van der Waals surface area contributed by atoms with Gasteiger partial charge in [-0.05, 0) is 50.1 Å². The van der Waals surface area contributed by atoms with Crippen LogP contribution >= 0.6 is 0 Å². The standard InChI is InChI=1S/C14H28N2/c1-11(2)13-6-7-16(10-13)9-12(3)8-15-14-4-5-14/h11-15H,4-10H2,1-3H3. The fraction of sp³-hybridized carbons (Fsp3) is 1.00. The molecule has 1 aliphatic carbocycles. The van der Waals surface area contributed by atoms with Crippen LogP contribution in [0.5, 0.6) is 0 Å². The van der Waals surface area contributed by atoms with Crippen LogP contribution in [0.15, 0.2) is 0 Å². The molecule has 1 N–H and O–H groups in total. The molecule has 2 heteroatoms. The molecule has 1 aliphatic heterocycles. The van der Waals surface area contributed by atoms with Crippen molar-refractivity contribution in [3.05, 3.63) is 0 Å². The van der Waals surface area contributed by atoms with Crippen molar-refractivity contribution in [1.82, 2.24) is 10.2 Å². The fourth-order valence-electron chi connectivity index (χ4n) is 2.73. The molecule has 1 heterocycles. The summed E-state index contributed by atoms with van der Waals surface area (Å²) in [6, 6.07) is 0.865. The number of hydrogen-bond acceptors (Lipinski definition) is 2. The zero-order valence-electron chi connectivity index (χ0n) is 11.2. The lowest BCUT2D eigenvalue weighted by atomic mass is 9.95. The highest BCUT2D eigenvalue weighted by Crippen LogP contribution is 2.24. The van der Waals surface area contributed by atoms with Gasteiger partial charge in [-0.3, -0.25) is 0 Å². The smallest absolute Gasteiger partial charge is 0.00683 e. The monoisotopic (exact) mass is 224 g/mol. The second-order valence-electron chi connectivity index (χ2n) is 6.34. The molecular weight excluding hydrogens is 196 g/mol. The number of nitrogens with zero attached hydrogens (tertiary/aromatic N) is 1. The Morgan fingerprint density at radius 1 is 1.19 bits per heavy atom. The maximum Gasteiger partial charge on any atom is 0.00683 e. The Balaban J connectivity index is 1.61. The van der Waals surface area contributed by atoms with Crippen LogP contribution in [0.2, 0.25) is 0 Å². The first-order chi connectivity index (χ1) is 7.65. The first-order valence-electron chi connectivity index (χ1n) is 7.11. The molecule has 0 aromatic heterocycles. The zero-order chi connectivity index (χ0) is 11.5. The number of rotatable bonds is 6. The van der Waals surface area contributed by atoms with Gasteiger partial charge < -0.3 is 10.2 Å². The van der Waals surface area contributed by atoms with E-state index >= 15 is 0 Å². The second-order valence-corrected chi connectivity index (χ2v) is 6.34. The van der Waals surface area contributed by atoms with Gasteiger partial charge in [0.25, 0.3) is 0 Å². The highest BCUT2D eigenvalue weighted by atomic mass is 15.1. The Hall–Kier alpha value is -0.0800. The van der Waals surface area contributed by atoms with Crippen LogP contribution in [0, 0.1) is 17.8 Å². The van der Waals surface area contributed by atoms with E-state index < -0.39 is 0 Å². The predicted molar refractivity (Wildman–Crippen MR) is 69.6 cm³/mol. The maximum absolute atomic E-state index is 3.64. The molecule has 94 valence electrons. The third kappa shape index (κ3) is 3.74. The molecule has 2 rings (SSSR count). The van der Waals surface area contributed by atoms with Gasteiger partial charge in [0.15, 0.2) is 0 Å². The van der Waals surface area contributed by atoms with E-state index in [0.717, 1.165) is 23.8 Å². The molecule has 1 saturated carbocycles. The third-order valence-electron chi connectivity index (χ3n) is 4.15. The Kier molecular flexibility index (Phi) is 4.26. The van der Waals surface area contributed by atoms with Crippen LogP contribution in [-0.4, -0.2) is 37.1 Å². The summed E-state index contributed by atoms with van der Waals surface area (Å²) in [4.78, 5) is 2.67. The second kappa shape index (κ2) is 5.50. The van der Waals surface area contributed by atoms with Crippen LogP contribution in [-0.2, 0) is 0 Å². The minimum Gasteiger partial charge on any atom is -0.314 e. The molecule has 2 fully saturated rings. The Morgan fingerprint density at radius 3 is 2.50 bits per heavy atom. The van der Waals surface area contributed by atoms with Gasteiger partial charge in [0.2, 0.25) is 0 Å². The van der Waals surface area contributed by atoms with Gasteiger partial charge in [-0.2, -0.15) is 0 Å². The maximum atomic E-state index is 3.64. The van der Waals surface area contributed by atoms with Crippen molar-refractivity contribution < 1.29 is 0 Å². The highest BCUT2D eigenvalue weighted by Gasteiger charge is 2.26. The topological polar surface area (TPSA) is 15.3 Å². The SMILES string of the molecule is CC(CNC1CC1)CN1CCC(C(C)C)C1. The van der Waals surface area contributed by atoms with E-state index in [0.29, 0.717) is 0 Å². The molecule has 0 amide bonds. The van der Waals surface area contributed by atoms with Crippen LogP contribution in [0.4, 0.5) is 0 Å². The van der Waals surface area contributed by atoms with Crippen molar-refractivity contribution >= 4 is 0 Å². The van der Waals surface area contributed by atoms with Crippen LogP contribution in [0.3, 0.4) is 0 Å². The van der Waals surface area contributed by atoms with E-state index in [-0.39, 0.29) is 0 Å². The quantitative estimate of drug-likeness (QED) is 0.745. The summed E-state index contributed by atoms with van der Waals surface area (Å²) >= 11 is 0. The largest absolute Gasteiger partial charge is 0.314 e. The molecule has 2 unspecified atom stereocenters. The molecule has 0 bridgehead atoms. The number of likely N-dealkylation sites (tertiary alicyclic amines) is 1. The van der Waals surface area contributed by atoms with Crippen molar-refractivity contribution in [1.29, 1.82) is 0 Å². The normalized spacial score (nSPS) is 28.9. The van der Waals surface area contributed by atoms with Gasteiger partial charge in [0.05, 0.1) is 0 Å². The zero-order valence-corrected chi connectivity index (χ0v) is 11.2. The molecule has 2 nitrogen and oxygen atoms in total.